The quantitative estimate of drug-likeness (QED) is 0.892. The average Bonchev–Trinajstić information content (AvgIpc) is 2.75. The number of carbonyl (C=O) groups excluding carboxylic acids is 1. The molecule has 1 heterocycles. The van der Waals surface area contributed by atoms with Crippen molar-refractivity contribution in [2.24, 2.45) is 7.05 Å². The molecule has 19 heavy (non-hydrogen) atoms. The molecule has 0 bridgehead atoms. The van der Waals surface area contributed by atoms with E-state index in [2.05, 4.69) is 22.7 Å². The van der Waals surface area contributed by atoms with Crippen LogP contribution < -0.4 is 10.6 Å². The molecule has 0 aliphatic heterocycles. The van der Waals surface area contributed by atoms with Gasteiger partial charge in [-0.1, -0.05) is 13.3 Å². The fourth-order valence-electron chi connectivity index (χ4n) is 2.50. The van der Waals surface area contributed by atoms with Gasteiger partial charge in [0, 0.05) is 24.5 Å². The second-order valence-electron chi connectivity index (χ2n) is 4.94. The molecule has 2 N–H and O–H groups in total. The van der Waals surface area contributed by atoms with Crippen LogP contribution in [-0.4, -0.2) is 32.9 Å². The number of hydrogen-bond donors (Lipinski definition) is 2. The first-order chi connectivity index (χ1) is 9.17. The standard InChI is InChI=1S/C13H22N4OS/c1-3-19-12-6-4-5-10(7-12)15-13(18)16-11-8-14-17(2)9-11/h8-10,12H,3-7H2,1-2H3,(H2,15,16,18). The number of carbonyl (C=O) groups is 1. The highest BCUT2D eigenvalue weighted by Crippen LogP contribution is 2.28. The highest BCUT2D eigenvalue weighted by atomic mass is 32.2. The second kappa shape index (κ2) is 6.84. The fraction of sp³-hybridized carbons (Fsp3) is 0.692. The number of anilines is 1. The van der Waals surface area contributed by atoms with Crippen molar-refractivity contribution in [2.75, 3.05) is 11.1 Å². The molecular formula is C13H22N4OS. The van der Waals surface area contributed by atoms with Crippen molar-refractivity contribution in [1.29, 1.82) is 0 Å². The Morgan fingerprint density at radius 2 is 2.42 bits per heavy atom. The lowest BCUT2D eigenvalue weighted by Gasteiger charge is -2.29. The van der Waals surface area contributed by atoms with Gasteiger partial charge in [-0.25, -0.2) is 4.79 Å². The summed E-state index contributed by atoms with van der Waals surface area (Å²) < 4.78 is 1.67. The number of nitrogens with zero attached hydrogens (tertiary/aromatic N) is 2. The molecule has 6 heteroatoms. The van der Waals surface area contributed by atoms with Crippen molar-refractivity contribution in [3.05, 3.63) is 12.4 Å². The van der Waals surface area contributed by atoms with Gasteiger partial charge in [0.05, 0.1) is 11.9 Å². The minimum Gasteiger partial charge on any atom is -0.335 e. The number of thioether (sulfide) groups is 1. The van der Waals surface area contributed by atoms with Gasteiger partial charge in [-0.3, -0.25) is 4.68 Å². The summed E-state index contributed by atoms with van der Waals surface area (Å²) in [7, 11) is 1.83. The average molecular weight is 282 g/mol. The molecule has 0 saturated heterocycles. The summed E-state index contributed by atoms with van der Waals surface area (Å²) in [5.74, 6) is 1.15. The van der Waals surface area contributed by atoms with Crippen molar-refractivity contribution >= 4 is 23.5 Å². The van der Waals surface area contributed by atoms with Crippen LogP contribution in [0.15, 0.2) is 12.4 Å². The predicted octanol–water partition coefficient (Wildman–Crippen LogP) is 2.61. The van der Waals surface area contributed by atoms with Gasteiger partial charge in [-0.15, -0.1) is 0 Å². The first-order valence-corrected chi connectivity index (χ1v) is 7.90. The first kappa shape index (κ1) is 14.2. The number of rotatable bonds is 4. The fourth-order valence-corrected chi connectivity index (χ4v) is 3.67. The molecule has 1 saturated carbocycles. The van der Waals surface area contributed by atoms with Crippen LogP contribution >= 0.6 is 11.8 Å². The normalized spacial score (nSPS) is 23.1. The van der Waals surface area contributed by atoms with E-state index < -0.39 is 0 Å². The van der Waals surface area contributed by atoms with Gasteiger partial charge in [-0.2, -0.15) is 16.9 Å². The Morgan fingerprint density at radius 1 is 1.58 bits per heavy atom. The van der Waals surface area contributed by atoms with Crippen LogP contribution in [0.5, 0.6) is 0 Å². The number of aryl methyl sites for hydroxylation is 1. The van der Waals surface area contributed by atoms with E-state index in [0.29, 0.717) is 11.3 Å². The van der Waals surface area contributed by atoms with Crippen LogP contribution in [0, 0.1) is 0 Å². The Morgan fingerprint density at radius 3 is 3.11 bits per heavy atom. The molecule has 0 spiro atoms. The maximum absolute atomic E-state index is 11.9. The van der Waals surface area contributed by atoms with Crippen molar-refractivity contribution in [2.45, 2.75) is 43.9 Å². The highest BCUT2D eigenvalue weighted by molar-refractivity contribution is 7.99. The smallest absolute Gasteiger partial charge is 0.319 e. The number of aromatic nitrogens is 2. The largest absolute Gasteiger partial charge is 0.335 e. The summed E-state index contributed by atoms with van der Waals surface area (Å²) in [6, 6.07) is 0.176. The summed E-state index contributed by atoms with van der Waals surface area (Å²) >= 11 is 2.01. The third-order valence-electron chi connectivity index (χ3n) is 3.33. The summed E-state index contributed by atoms with van der Waals surface area (Å²) in [5, 5.41) is 10.6. The van der Waals surface area contributed by atoms with E-state index in [1.807, 2.05) is 18.8 Å². The molecular weight excluding hydrogens is 260 g/mol. The SMILES string of the molecule is CCSC1CCCC(NC(=O)Nc2cnn(C)c2)C1. The lowest BCUT2D eigenvalue weighted by molar-refractivity contribution is 0.244. The Kier molecular flexibility index (Phi) is 5.13. The molecule has 5 nitrogen and oxygen atoms in total. The molecule has 2 amide bonds. The number of urea groups is 1. The molecule has 1 aliphatic rings. The zero-order valence-corrected chi connectivity index (χ0v) is 12.4. The maximum atomic E-state index is 11.9. The zero-order chi connectivity index (χ0) is 13.7. The van der Waals surface area contributed by atoms with E-state index in [-0.39, 0.29) is 6.03 Å². The molecule has 2 unspecified atom stereocenters. The monoisotopic (exact) mass is 282 g/mol. The van der Waals surface area contributed by atoms with Crippen LogP contribution in [0.4, 0.5) is 10.5 Å². The summed E-state index contributed by atoms with van der Waals surface area (Å²) in [4.78, 5) is 11.9. The van der Waals surface area contributed by atoms with Crippen molar-refractivity contribution in [3.8, 4) is 0 Å². The van der Waals surface area contributed by atoms with Crippen molar-refractivity contribution in [1.82, 2.24) is 15.1 Å². The molecule has 2 rings (SSSR count). The molecule has 1 aromatic heterocycles. The van der Waals surface area contributed by atoms with Crippen LogP contribution in [0.3, 0.4) is 0 Å². The molecule has 2 atom stereocenters. The minimum atomic E-state index is -0.125. The molecule has 1 aromatic rings. The van der Waals surface area contributed by atoms with Crippen molar-refractivity contribution in [3.63, 3.8) is 0 Å². The summed E-state index contributed by atoms with van der Waals surface area (Å²) in [5.41, 5.74) is 0.732. The topological polar surface area (TPSA) is 59.0 Å². The third-order valence-corrected chi connectivity index (χ3v) is 4.56. The van der Waals surface area contributed by atoms with Gasteiger partial charge < -0.3 is 10.6 Å². The molecule has 1 aliphatic carbocycles. The molecule has 1 fully saturated rings. The second-order valence-corrected chi connectivity index (χ2v) is 6.52. The number of hydrogen-bond acceptors (Lipinski definition) is 3. The Hall–Kier alpha value is -1.17. The van der Waals surface area contributed by atoms with E-state index in [1.54, 1.807) is 17.1 Å². The Bertz CT molecular complexity index is 419. The van der Waals surface area contributed by atoms with Gasteiger partial charge in [0.2, 0.25) is 0 Å². The van der Waals surface area contributed by atoms with Gasteiger partial charge in [0.1, 0.15) is 0 Å². The van der Waals surface area contributed by atoms with Gasteiger partial charge >= 0.3 is 6.03 Å². The zero-order valence-electron chi connectivity index (χ0n) is 11.6. The first-order valence-electron chi connectivity index (χ1n) is 6.85. The minimum absolute atomic E-state index is 0.125. The molecule has 0 aromatic carbocycles. The lowest BCUT2D eigenvalue weighted by Crippen LogP contribution is -2.41. The Labute approximate surface area is 118 Å². The highest BCUT2D eigenvalue weighted by Gasteiger charge is 2.23. The van der Waals surface area contributed by atoms with E-state index in [0.717, 1.165) is 24.3 Å². The van der Waals surface area contributed by atoms with Gasteiger partial charge in [-0.05, 0) is 25.0 Å². The molecule has 0 radical (unpaired) electrons. The Balaban J connectivity index is 1.78. The van der Waals surface area contributed by atoms with E-state index in [4.69, 9.17) is 0 Å². The number of amides is 2. The third kappa shape index (κ3) is 4.45. The van der Waals surface area contributed by atoms with Crippen LogP contribution in [0.1, 0.15) is 32.6 Å². The maximum Gasteiger partial charge on any atom is 0.319 e. The number of nitrogens with one attached hydrogen (secondary N) is 2. The lowest BCUT2D eigenvalue weighted by atomic mass is 9.95. The van der Waals surface area contributed by atoms with Crippen LogP contribution in [0.25, 0.3) is 0 Å². The molecule has 106 valence electrons. The summed E-state index contributed by atoms with van der Waals surface area (Å²) in [6.07, 6.45) is 8.09. The van der Waals surface area contributed by atoms with E-state index >= 15 is 0 Å². The van der Waals surface area contributed by atoms with Gasteiger partial charge in [0.25, 0.3) is 0 Å². The van der Waals surface area contributed by atoms with Crippen molar-refractivity contribution < 1.29 is 4.79 Å². The van der Waals surface area contributed by atoms with Crippen LogP contribution in [0.2, 0.25) is 0 Å². The van der Waals surface area contributed by atoms with E-state index in [9.17, 15) is 4.79 Å². The van der Waals surface area contributed by atoms with E-state index in [1.165, 1.54) is 12.8 Å². The summed E-state index contributed by atoms with van der Waals surface area (Å²) in [6.45, 7) is 2.19. The predicted molar refractivity (Wildman–Crippen MR) is 79.5 cm³/mol. The van der Waals surface area contributed by atoms with Crippen LogP contribution in [-0.2, 0) is 7.05 Å². The van der Waals surface area contributed by atoms with Gasteiger partial charge in [0.15, 0.2) is 0 Å².